The number of hydrogen-bond donors (Lipinski definition) is 0. The SMILES string of the molecule is CC(C#N)=C1CCCCCC1. The number of nitriles is 1. The highest BCUT2D eigenvalue weighted by Crippen LogP contribution is 2.24. The van der Waals surface area contributed by atoms with Crippen LogP contribution in [0.15, 0.2) is 11.1 Å². The van der Waals surface area contributed by atoms with E-state index >= 15 is 0 Å². The minimum atomic E-state index is 0.965. The van der Waals surface area contributed by atoms with Crippen molar-refractivity contribution in [2.45, 2.75) is 45.4 Å². The second-order valence-electron chi connectivity index (χ2n) is 3.25. The van der Waals surface area contributed by atoms with Crippen LogP contribution in [0.5, 0.6) is 0 Å². The second kappa shape index (κ2) is 4.18. The number of allylic oxidation sites excluding steroid dienone is 2. The summed E-state index contributed by atoms with van der Waals surface area (Å²) in [5.41, 5.74) is 2.37. The maximum absolute atomic E-state index is 8.67. The lowest BCUT2D eigenvalue weighted by Gasteiger charge is -2.01. The van der Waals surface area contributed by atoms with Gasteiger partial charge in [0.1, 0.15) is 0 Å². The van der Waals surface area contributed by atoms with Crippen molar-refractivity contribution in [1.29, 1.82) is 5.26 Å². The van der Waals surface area contributed by atoms with Crippen LogP contribution in [0.3, 0.4) is 0 Å². The topological polar surface area (TPSA) is 23.8 Å². The molecule has 0 N–H and O–H groups in total. The van der Waals surface area contributed by atoms with E-state index in [-0.39, 0.29) is 0 Å². The monoisotopic (exact) mass is 149 g/mol. The Kier molecular flexibility index (Phi) is 3.16. The maximum atomic E-state index is 8.67. The predicted octanol–water partition coefficient (Wildman–Crippen LogP) is 3.18. The van der Waals surface area contributed by atoms with Crippen LogP contribution in [-0.2, 0) is 0 Å². The molecular weight excluding hydrogens is 134 g/mol. The molecule has 0 spiro atoms. The van der Waals surface area contributed by atoms with E-state index < -0.39 is 0 Å². The summed E-state index contributed by atoms with van der Waals surface area (Å²) in [6.45, 7) is 1.95. The van der Waals surface area contributed by atoms with E-state index in [0.29, 0.717) is 0 Å². The zero-order valence-electron chi connectivity index (χ0n) is 7.19. The van der Waals surface area contributed by atoms with E-state index in [2.05, 4.69) is 6.07 Å². The van der Waals surface area contributed by atoms with Crippen molar-refractivity contribution in [2.75, 3.05) is 0 Å². The zero-order valence-corrected chi connectivity index (χ0v) is 7.19. The third kappa shape index (κ3) is 2.38. The first-order valence-electron chi connectivity index (χ1n) is 4.43. The first kappa shape index (κ1) is 8.33. The van der Waals surface area contributed by atoms with Crippen LogP contribution < -0.4 is 0 Å². The highest BCUT2D eigenvalue weighted by atomic mass is 14.2. The van der Waals surface area contributed by atoms with E-state index in [4.69, 9.17) is 5.26 Å². The van der Waals surface area contributed by atoms with Crippen LogP contribution in [0.1, 0.15) is 45.4 Å². The molecule has 0 bridgehead atoms. The van der Waals surface area contributed by atoms with Crippen LogP contribution in [-0.4, -0.2) is 0 Å². The molecule has 1 aliphatic carbocycles. The third-order valence-corrected chi connectivity index (χ3v) is 2.41. The number of hydrogen-bond acceptors (Lipinski definition) is 1. The van der Waals surface area contributed by atoms with E-state index in [1.807, 2.05) is 6.92 Å². The van der Waals surface area contributed by atoms with Crippen molar-refractivity contribution in [1.82, 2.24) is 0 Å². The van der Waals surface area contributed by atoms with Gasteiger partial charge < -0.3 is 0 Å². The van der Waals surface area contributed by atoms with Gasteiger partial charge >= 0.3 is 0 Å². The summed E-state index contributed by atoms with van der Waals surface area (Å²) >= 11 is 0. The Labute approximate surface area is 68.7 Å². The molecule has 0 aromatic carbocycles. The molecule has 0 heterocycles. The Morgan fingerprint density at radius 2 is 1.73 bits per heavy atom. The Bertz CT molecular complexity index is 185. The highest BCUT2D eigenvalue weighted by Gasteiger charge is 2.06. The lowest BCUT2D eigenvalue weighted by molar-refractivity contribution is 0.702. The molecule has 1 aliphatic rings. The summed E-state index contributed by atoms with van der Waals surface area (Å²) in [4.78, 5) is 0. The third-order valence-electron chi connectivity index (χ3n) is 2.41. The van der Waals surface area contributed by atoms with Crippen molar-refractivity contribution in [2.24, 2.45) is 0 Å². The minimum absolute atomic E-state index is 0.965. The Morgan fingerprint density at radius 1 is 1.18 bits per heavy atom. The molecule has 1 rings (SSSR count). The number of nitrogens with zero attached hydrogens (tertiary/aromatic N) is 1. The first-order chi connectivity index (χ1) is 5.34. The summed E-state index contributed by atoms with van der Waals surface area (Å²) < 4.78 is 0. The van der Waals surface area contributed by atoms with Gasteiger partial charge in [0.2, 0.25) is 0 Å². The molecule has 0 radical (unpaired) electrons. The summed E-state index contributed by atoms with van der Waals surface area (Å²) in [6, 6.07) is 2.24. The van der Waals surface area contributed by atoms with E-state index in [0.717, 1.165) is 5.57 Å². The molecule has 0 amide bonds. The molecule has 0 atom stereocenters. The van der Waals surface area contributed by atoms with Crippen LogP contribution in [0.25, 0.3) is 0 Å². The zero-order chi connectivity index (χ0) is 8.10. The fraction of sp³-hybridized carbons (Fsp3) is 0.700. The van der Waals surface area contributed by atoms with Crippen LogP contribution in [0.2, 0.25) is 0 Å². The van der Waals surface area contributed by atoms with Gasteiger partial charge in [-0.05, 0) is 32.6 Å². The molecule has 0 aromatic heterocycles. The van der Waals surface area contributed by atoms with Gasteiger partial charge in [0.25, 0.3) is 0 Å². The molecule has 1 fully saturated rings. The van der Waals surface area contributed by atoms with Gasteiger partial charge in [-0.15, -0.1) is 0 Å². The van der Waals surface area contributed by atoms with Crippen molar-refractivity contribution in [3.63, 3.8) is 0 Å². The largest absolute Gasteiger partial charge is 0.193 e. The molecule has 0 aromatic rings. The van der Waals surface area contributed by atoms with Gasteiger partial charge in [-0.1, -0.05) is 18.4 Å². The quantitative estimate of drug-likeness (QED) is 0.383. The van der Waals surface area contributed by atoms with Crippen LogP contribution in [0, 0.1) is 11.3 Å². The van der Waals surface area contributed by atoms with Gasteiger partial charge in [-0.25, -0.2) is 0 Å². The standard InChI is InChI=1S/C10H15N/c1-9(8-11)10-6-4-2-3-5-7-10/h2-7H2,1H3. The summed E-state index contributed by atoms with van der Waals surface area (Å²) in [5, 5.41) is 8.67. The molecule has 0 aliphatic heterocycles. The predicted molar refractivity (Wildman–Crippen MR) is 46.0 cm³/mol. The van der Waals surface area contributed by atoms with E-state index in [1.165, 1.54) is 44.1 Å². The molecule has 0 saturated heterocycles. The molecule has 1 heteroatoms. The van der Waals surface area contributed by atoms with Crippen LogP contribution in [0.4, 0.5) is 0 Å². The summed E-state index contributed by atoms with van der Waals surface area (Å²) in [5.74, 6) is 0. The maximum Gasteiger partial charge on any atom is 0.0943 e. The van der Waals surface area contributed by atoms with Crippen molar-refractivity contribution >= 4 is 0 Å². The average molecular weight is 149 g/mol. The fourth-order valence-corrected chi connectivity index (χ4v) is 1.61. The lowest BCUT2D eigenvalue weighted by atomic mass is 10.0. The summed E-state index contributed by atoms with van der Waals surface area (Å²) in [7, 11) is 0. The Morgan fingerprint density at radius 3 is 2.18 bits per heavy atom. The van der Waals surface area contributed by atoms with Gasteiger partial charge in [-0.2, -0.15) is 5.26 Å². The second-order valence-corrected chi connectivity index (χ2v) is 3.25. The lowest BCUT2D eigenvalue weighted by Crippen LogP contribution is -1.84. The molecule has 0 unspecified atom stereocenters. The smallest absolute Gasteiger partial charge is 0.0943 e. The van der Waals surface area contributed by atoms with Crippen LogP contribution >= 0.6 is 0 Å². The normalized spacial score (nSPS) is 18.7. The molecule has 11 heavy (non-hydrogen) atoms. The van der Waals surface area contributed by atoms with E-state index in [1.54, 1.807) is 0 Å². The number of rotatable bonds is 0. The molecule has 1 saturated carbocycles. The van der Waals surface area contributed by atoms with E-state index in [9.17, 15) is 0 Å². The fourth-order valence-electron chi connectivity index (χ4n) is 1.61. The minimum Gasteiger partial charge on any atom is -0.193 e. The Balaban J connectivity index is 2.63. The van der Waals surface area contributed by atoms with Crippen molar-refractivity contribution in [3.05, 3.63) is 11.1 Å². The molecule has 1 nitrogen and oxygen atoms in total. The first-order valence-corrected chi connectivity index (χ1v) is 4.43. The van der Waals surface area contributed by atoms with Gasteiger partial charge in [0, 0.05) is 5.57 Å². The summed E-state index contributed by atoms with van der Waals surface area (Å²) in [6.07, 6.45) is 7.60. The average Bonchev–Trinajstić information content (AvgIpc) is 2.30. The van der Waals surface area contributed by atoms with Gasteiger partial charge in [0.15, 0.2) is 0 Å². The van der Waals surface area contributed by atoms with Crippen molar-refractivity contribution < 1.29 is 0 Å². The van der Waals surface area contributed by atoms with Gasteiger partial charge in [0.05, 0.1) is 6.07 Å². The Hall–Kier alpha value is -0.770. The molecular formula is C10H15N. The van der Waals surface area contributed by atoms with Crippen molar-refractivity contribution in [3.8, 4) is 6.07 Å². The van der Waals surface area contributed by atoms with Gasteiger partial charge in [-0.3, -0.25) is 0 Å². The highest BCUT2D eigenvalue weighted by molar-refractivity contribution is 5.25. The molecule has 60 valence electrons.